The number of hydrogen-bond acceptors (Lipinski definition) is 2. The molecule has 2 nitrogen and oxygen atoms in total. The molecule has 0 N–H and O–H groups in total. The van der Waals surface area contributed by atoms with Crippen LogP contribution in [0.2, 0.25) is 0 Å². The van der Waals surface area contributed by atoms with Crippen LogP contribution in [-0.4, -0.2) is 9.97 Å². The van der Waals surface area contributed by atoms with E-state index in [1.807, 2.05) is 37.6 Å². The third kappa shape index (κ3) is 1.16. The number of rotatable bonds is 1. The van der Waals surface area contributed by atoms with E-state index in [2.05, 4.69) is 9.97 Å². The fraction of sp³-hybridized carbons (Fsp3) is 0.100. The fourth-order valence-corrected chi connectivity index (χ4v) is 1.13. The number of hydrogen-bond donors (Lipinski definition) is 0. The quantitative estimate of drug-likeness (QED) is 0.634. The van der Waals surface area contributed by atoms with Gasteiger partial charge in [0.25, 0.3) is 0 Å². The molecule has 0 amide bonds. The van der Waals surface area contributed by atoms with Gasteiger partial charge < -0.3 is 0 Å². The van der Waals surface area contributed by atoms with Gasteiger partial charge in [-0.25, -0.2) is 0 Å². The van der Waals surface area contributed by atoms with Gasteiger partial charge in [0.05, 0.1) is 11.0 Å². The first-order valence-electron chi connectivity index (χ1n) is 3.91. The van der Waals surface area contributed by atoms with Gasteiger partial charge in [-0.05, 0) is 24.3 Å². The summed E-state index contributed by atoms with van der Waals surface area (Å²) in [5.74, 6) is 0. The Balaban J connectivity index is 2.67. The molecule has 2 heteroatoms. The number of aromatic nitrogens is 2. The Kier molecular flexibility index (Phi) is 1.74. The standard InChI is InChI=1S/C10H9N2/c1-2-8-5-6-9-10(12-8)4-3-7-11-9/h2-7H,1H3. The minimum absolute atomic E-state index is 0.947. The van der Waals surface area contributed by atoms with E-state index in [1.165, 1.54) is 0 Å². The summed E-state index contributed by atoms with van der Waals surface area (Å²) in [6, 6.07) is 7.82. The van der Waals surface area contributed by atoms with Crippen LogP contribution in [0.5, 0.6) is 0 Å². The smallest absolute Gasteiger partial charge is 0.0890 e. The monoisotopic (exact) mass is 157 g/mol. The second kappa shape index (κ2) is 2.89. The second-order valence-corrected chi connectivity index (χ2v) is 2.57. The van der Waals surface area contributed by atoms with E-state index in [-0.39, 0.29) is 0 Å². The maximum Gasteiger partial charge on any atom is 0.0890 e. The highest BCUT2D eigenvalue weighted by molar-refractivity contribution is 5.73. The Morgan fingerprint density at radius 3 is 2.92 bits per heavy atom. The Labute approximate surface area is 71.3 Å². The summed E-state index contributed by atoms with van der Waals surface area (Å²) in [4.78, 5) is 8.56. The van der Waals surface area contributed by atoms with Crippen LogP contribution in [0.15, 0.2) is 30.5 Å². The maximum atomic E-state index is 4.38. The molecule has 0 aliphatic carbocycles. The molecule has 0 aliphatic rings. The first-order valence-corrected chi connectivity index (χ1v) is 3.91. The molecule has 0 aromatic carbocycles. The third-order valence-corrected chi connectivity index (χ3v) is 1.77. The highest BCUT2D eigenvalue weighted by Crippen LogP contribution is 2.09. The van der Waals surface area contributed by atoms with Crippen LogP contribution >= 0.6 is 0 Å². The van der Waals surface area contributed by atoms with Crippen molar-refractivity contribution in [3.63, 3.8) is 0 Å². The normalized spacial score (nSPS) is 10.4. The fourth-order valence-electron chi connectivity index (χ4n) is 1.13. The molecule has 0 fully saturated rings. The van der Waals surface area contributed by atoms with Gasteiger partial charge in [0.1, 0.15) is 0 Å². The average molecular weight is 157 g/mol. The Bertz CT molecular complexity index is 396. The molecule has 0 unspecified atom stereocenters. The van der Waals surface area contributed by atoms with Crippen LogP contribution in [0.25, 0.3) is 11.0 Å². The van der Waals surface area contributed by atoms with E-state index in [9.17, 15) is 0 Å². The van der Waals surface area contributed by atoms with Gasteiger partial charge in [-0.2, -0.15) is 0 Å². The molecular weight excluding hydrogens is 148 g/mol. The average Bonchev–Trinajstić information content (AvgIpc) is 2.17. The first kappa shape index (κ1) is 7.22. The van der Waals surface area contributed by atoms with Crippen molar-refractivity contribution in [3.8, 4) is 0 Å². The minimum atomic E-state index is 0.947. The Morgan fingerprint density at radius 1 is 1.17 bits per heavy atom. The molecule has 1 radical (unpaired) electrons. The Morgan fingerprint density at radius 2 is 2.08 bits per heavy atom. The van der Waals surface area contributed by atoms with Gasteiger partial charge in [-0.1, -0.05) is 6.92 Å². The molecule has 0 bridgehead atoms. The lowest BCUT2D eigenvalue weighted by Crippen LogP contribution is -1.86. The lowest BCUT2D eigenvalue weighted by atomic mass is 10.2. The second-order valence-electron chi connectivity index (χ2n) is 2.57. The molecule has 0 aliphatic heterocycles. The van der Waals surface area contributed by atoms with Gasteiger partial charge in [0.15, 0.2) is 0 Å². The van der Waals surface area contributed by atoms with E-state index < -0.39 is 0 Å². The van der Waals surface area contributed by atoms with Crippen LogP contribution in [0.4, 0.5) is 0 Å². The maximum absolute atomic E-state index is 4.38. The van der Waals surface area contributed by atoms with Crippen molar-refractivity contribution in [2.45, 2.75) is 6.92 Å². The van der Waals surface area contributed by atoms with Crippen LogP contribution in [0.1, 0.15) is 12.6 Å². The zero-order chi connectivity index (χ0) is 8.39. The summed E-state index contributed by atoms with van der Waals surface area (Å²) in [6.45, 7) is 1.98. The largest absolute Gasteiger partial charge is 0.255 e. The molecule has 12 heavy (non-hydrogen) atoms. The number of fused-ring (bicyclic) bond motifs is 1. The molecular formula is C10H9N2. The van der Waals surface area contributed by atoms with E-state index in [4.69, 9.17) is 0 Å². The molecule has 0 saturated heterocycles. The minimum Gasteiger partial charge on any atom is -0.255 e. The Hall–Kier alpha value is -1.44. The summed E-state index contributed by atoms with van der Waals surface area (Å²) in [5, 5.41) is 0. The molecule has 0 spiro atoms. The van der Waals surface area contributed by atoms with E-state index in [0.717, 1.165) is 16.7 Å². The summed E-state index contributed by atoms with van der Waals surface area (Å²) in [7, 11) is 0. The van der Waals surface area contributed by atoms with Crippen LogP contribution in [0.3, 0.4) is 0 Å². The SMILES string of the molecule is C[CH]c1ccc2ncccc2n1. The summed E-state index contributed by atoms with van der Waals surface area (Å²) < 4.78 is 0. The molecule has 59 valence electrons. The number of nitrogens with zero attached hydrogens (tertiary/aromatic N) is 2. The predicted octanol–water partition coefficient (Wildman–Crippen LogP) is 2.20. The van der Waals surface area contributed by atoms with Crippen molar-refractivity contribution in [2.75, 3.05) is 0 Å². The lowest BCUT2D eigenvalue weighted by Gasteiger charge is -1.97. The van der Waals surface area contributed by atoms with Crippen molar-refractivity contribution >= 4 is 11.0 Å². The van der Waals surface area contributed by atoms with Gasteiger partial charge >= 0.3 is 0 Å². The summed E-state index contributed by atoms with van der Waals surface area (Å²) in [5.41, 5.74) is 2.90. The molecule has 0 atom stereocenters. The summed E-state index contributed by atoms with van der Waals surface area (Å²) in [6.07, 6.45) is 3.76. The van der Waals surface area contributed by atoms with Crippen molar-refractivity contribution in [1.82, 2.24) is 9.97 Å². The zero-order valence-corrected chi connectivity index (χ0v) is 6.86. The summed E-state index contributed by atoms with van der Waals surface area (Å²) >= 11 is 0. The van der Waals surface area contributed by atoms with Crippen molar-refractivity contribution in [3.05, 3.63) is 42.6 Å². The topological polar surface area (TPSA) is 25.8 Å². The highest BCUT2D eigenvalue weighted by Gasteiger charge is 1.95. The molecule has 2 heterocycles. The predicted molar refractivity (Wildman–Crippen MR) is 48.6 cm³/mol. The van der Waals surface area contributed by atoms with Crippen molar-refractivity contribution in [1.29, 1.82) is 0 Å². The van der Waals surface area contributed by atoms with Gasteiger partial charge in [0, 0.05) is 18.3 Å². The van der Waals surface area contributed by atoms with Crippen molar-refractivity contribution in [2.24, 2.45) is 0 Å². The van der Waals surface area contributed by atoms with Gasteiger partial charge in [-0.15, -0.1) is 0 Å². The van der Waals surface area contributed by atoms with Crippen LogP contribution < -0.4 is 0 Å². The van der Waals surface area contributed by atoms with Crippen LogP contribution in [-0.2, 0) is 0 Å². The molecule has 0 saturated carbocycles. The third-order valence-electron chi connectivity index (χ3n) is 1.77. The van der Waals surface area contributed by atoms with Gasteiger partial charge in [-0.3, -0.25) is 9.97 Å². The van der Waals surface area contributed by atoms with E-state index in [1.54, 1.807) is 6.20 Å². The van der Waals surface area contributed by atoms with E-state index in [0.29, 0.717) is 0 Å². The zero-order valence-electron chi connectivity index (χ0n) is 6.86. The van der Waals surface area contributed by atoms with Crippen LogP contribution in [0, 0.1) is 6.42 Å². The number of pyridine rings is 2. The molecule has 2 aromatic rings. The van der Waals surface area contributed by atoms with Crippen molar-refractivity contribution < 1.29 is 0 Å². The highest BCUT2D eigenvalue weighted by atomic mass is 14.7. The van der Waals surface area contributed by atoms with Gasteiger partial charge in [0.2, 0.25) is 0 Å². The molecule has 2 rings (SSSR count). The first-order chi connectivity index (χ1) is 5.90. The van der Waals surface area contributed by atoms with E-state index >= 15 is 0 Å². The molecule has 2 aromatic heterocycles. The lowest BCUT2D eigenvalue weighted by molar-refractivity contribution is 1.23.